The van der Waals surface area contributed by atoms with Crippen LogP contribution in [0.15, 0.2) is 76.1 Å². The first-order valence-electron chi connectivity index (χ1n) is 10.1. The highest BCUT2D eigenvalue weighted by atomic mass is 35.5. The molecule has 0 radical (unpaired) electrons. The highest BCUT2D eigenvalue weighted by Crippen LogP contribution is 2.47. The summed E-state index contributed by atoms with van der Waals surface area (Å²) in [5.74, 6) is -0.727. The minimum Gasteiger partial charge on any atom is -0.508 e. The average Bonchev–Trinajstić information content (AvgIpc) is 3.13. The summed E-state index contributed by atoms with van der Waals surface area (Å²) in [7, 11) is 0. The standard InChI is InChI=1S/C24H21ClO6S/c1-2-29-24(28)31-22-18(26)11-15-12-30-23(27)20(15)21(22)17-8-3-4-9-19(17)32-13-14-6-5-7-16(25)10-14/h3-10,21,26H,2,11-13H2,1H3. The van der Waals surface area contributed by atoms with Crippen LogP contribution in [0.2, 0.25) is 5.02 Å². The topological polar surface area (TPSA) is 82.1 Å². The molecule has 2 aromatic rings. The van der Waals surface area contributed by atoms with E-state index in [1.54, 1.807) is 18.7 Å². The Labute approximate surface area is 194 Å². The maximum atomic E-state index is 12.6. The van der Waals surface area contributed by atoms with Crippen molar-refractivity contribution in [2.45, 2.75) is 29.9 Å². The number of halogens is 1. The van der Waals surface area contributed by atoms with Crippen LogP contribution in [0.3, 0.4) is 0 Å². The van der Waals surface area contributed by atoms with Crippen LogP contribution in [0.1, 0.15) is 30.4 Å². The molecule has 0 aromatic heterocycles. The maximum absolute atomic E-state index is 12.6. The van der Waals surface area contributed by atoms with Crippen molar-refractivity contribution in [1.82, 2.24) is 0 Å². The van der Waals surface area contributed by atoms with Crippen LogP contribution < -0.4 is 0 Å². The Morgan fingerprint density at radius 3 is 2.84 bits per heavy atom. The van der Waals surface area contributed by atoms with E-state index < -0.39 is 18.0 Å². The van der Waals surface area contributed by atoms with Gasteiger partial charge in [-0.05, 0) is 41.8 Å². The number of allylic oxidation sites excluding steroid dienone is 2. The van der Waals surface area contributed by atoms with Crippen LogP contribution in [0, 0.1) is 0 Å². The summed E-state index contributed by atoms with van der Waals surface area (Å²) in [4.78, 5) is 25.6. The fourth-order valence-electron chi connectivity index (χ4n) is 3.80. The molecule has 1 aliphatic heterocycles. The SMILES string of the molecule is CCOC(=O)OC1=C(O)CC2=C(C(=O)OC2)C1c1ccccc1SCc1cccc(Cl)c1. The molecule has 32 heavy (non-hydrogen) atoms. The highest BCUT2D eigenvalue weighted by Gasteiger charge is 2.42. The molecule has 2 aromatic carbocycles. The van der Waals surface area contributed by atoms with Gasteiger partial charge in [0.1, 0.15) is 12.4 Å². The van der Waals surface area contributed by atoms with Gasteiger partial charge >= 0.3 is 12.1 Å². The fourth-order valence-corrected chi connectivity index (χ4v) is 5.04. The van der Waals surface area contributed by atoms with Crippen molar-refractivity contribution in [3.63, 3.8) is 0 Å². The lowest BCUT2D eigenvalue weighted by Gasteiger charge is -2.27. The van der Waals surface area contributed by atoms with E-state index in [1.807, 2.05) is 48.5 Å². The monoisotopic (exact) mass is 472 g/mol. The minimum atomic E-state index is -0.932. The number of rotatable bonds is 6. The van der Waals surface area contributed by atoms with Gasteiger partial charge in [0.15, 0.2) is 5.76 Å². The molecule has 166 valence electrons. The summed E-state index contributed by atoms with van der Waals surface area (Å²) in [5, 5.41) is 11.4. The van der Waals surface area contributed by atoms with E-state index in [-0.39, 0.29) is 31.2 Å². The number of carbonyl (C=O) groups is 2. The fraction of sp³-hybridized carbons (Fsp3) is 0.250. The molecule has 1 N–H and O–H groups in total. The van der Waals surface area contributed by atoms with Crippen molar-refractivity contribution in [3.8, 4) is 0 Å². The van der Waals surface area contributed by atoms with Crippen molar-refractivity contribution < 1.29 is 28.9 Å². The molecular formula is C24H21ClO6S. The van der Waals surface area contributed by atoms with Gasteiger partial charge in [0.2, 0.25) is 0 Å². The largest absolute Gasteiger partial charge is 0.513 e. The molecule has 2 aliphatic rings. The number of aliphatic hydroxyl groups excluding tert-OH is 1. The molecule has 0 spiro atoms. The Bertz CT molecular complexity index is 1120. The van der Waals surface area contributed by atoms with Crippen molar-refractivity contribution in [3.05, 3.63) is 87.3 Å². The lowest BCUT2D eigenvalue weighted by molar-refractivity contribution is -0.136. The average molecular weight is 473 g/mol. The van der Waals surface area contributed by atoms with Crippen LogP contribution in [-0.4, -0.2) is 30.4 Å². The Hall–Kier alpha value is -2.90. The van der Waals surface area contributed by atoms with Crippen LogP contribution in [-0.2, 0) is 24.8 Å². The molecular weight excluding hydrogens is 452 g/mol. The van der Waals surface area contributed by atoms with Gasteiger partial charge in [0.05, 0.1) is 18.1 Å². The second-order valence-electron chi connectivity index (χ2n) is 7.26. The first kappa shape index (κ1) is 22.3. The molecule has 1 atom stereocenters. The third-order valence-electron chi connectivity index (χ3n) is 5.16. The normalized spacial score (nSPS) is 17.8. The quantitative estimate of drug-likeness (QED) is 0.413. The Morgan fingerprint density at radius 1 is 1.25 bits per heavy atom. The van der Waals surface area contributed by atoms with Gasteiger partial charge < -0.3 is 19.3 Å². The number of benzene rings is 2. The van der Waals surface area contributed by atoms with Crippen molar-refractivity contribution in [1.29, 1.82) is 0 Å². The van der Waals surface area contributed by atoms with E-state index in [4.69, 9.17) is 25.8 Å². The molecule has 4 rings (SSSR count). The van der Waals surface area contributed by atoms with Crippen molar-refractivity contribution >= 4 is 35.5 Å². The van der Waals surface area contributed by atoms with Gasteiger partial charge in [-0.1, -0.05) is 41.9 Å². The third kappa shape index (κ3) is 4.64. The second-order valence-corrected chi connectivity index (χ2v) is 8.71. The molecule has 1 heterocycles. The summed E-state index contributed by atoms with van der Waals surface area (Å²) in [5.41, 5.74) is 2.86. The molecule has 1 aliphatic carbocycles. The zero-order chi connectivity index (χ0) is 22.7. The summed E-state index contributed by atoms with van der Waals surface area (Å²) >= 11 is 7.67. The van der Waals surface area contributed by atoms with Gasteiger partial charge in [-0.3, -0.25) is 0 Å². The zero-order valence-electron chi connectivity index (χ0n) is 17.3. The van der Waals surface area contributed by atoms with Crippen molar-refractivity contribution in [2.75, 3.05) is 13.2 Å². The van der Waals surface area contributed by atoms with Gasteiger partial charge in [-0.25, -0.2) is 9.59 Å². The predicted octanol–water partition coefficient (Wildman–Crippen LogP) is 5.92. The van der Waals surface area contributed by atoms with Crippen LogP contribution in [0.4, 0.5) is 4.79 Å². The molecule has 0 bridgehead atoms. The number of thioether (sulfide) groups is 1. The number of cyclic esters (lactones) is 1. The van der Waals surface area contributed by atoms with Crippen LogP contribution in [0.25, 0.3) is 0 Å². The molecule has 8 heteroatoms. The Morgan fingerprint density at radius 2 is 2.06 bits per heavy atom. The molecule has 6 nitrogen and oxygen atoms in total. The summed E-state index contributed by atoms with van der Waals surface area (Å²) in [6.45, 7) is 1.89. The number of carbonyl (C=O) groups excluding carboxylic acids is 2. The van der Waals surface area contributed by atoms with Gasteiger partial charge in [-0.2, -0.15) is 0 Å². The molecule has 0 saturated carbocycles. The number of aliphatic hydroxyl groups is 1. The van der Waals surface area contributed by atoms with E-state index in [0.29, 0.717) is 21.9 Å². The minimum absolute atomic E-state index is 0.00291. The number of ether oxygens (including phenoxy) is 3. The van der Waals surface area contributed by atoms with E-state index in [9.17, 15) is 14.7 Å². The van der Waals surface area contributed by atoms with E-state index in [1.165, 1.54) is 0 Å². The van der Waals surface area contributed by atoms with E-state index in [2.05, 4.69) is 0 Å². The molecule has 0 fully saturated rings. The first-order chi connectivity index (χ1) is 15.5. The summed E-state index contributed by atoms with van der Waals surface area (Å²) in [6, 6.07) is 15.1. The third-order valence-corrected chi connectivity index (χ3v) is 6.56. The van der Waals surface area contributed by atoms with Crippen molar-refractivity contribution in [2.24, 2.45) is 0 Å². The predicted molar refractivity (Wildman–Crippen MR) is 121 cm³/mol. The first-order valence-corrected chi connectivity index (χ1v) is 11.5. The van der Waals surface area contributed by atoms with Crippen LogP contribution in [0.5, 0.6) is 0 Å². The lowest BCUT2D eigenvalue weighted by atomic mass is 9.82. The van der Waals surface area contributed by atoms with E-state index >= 15 is 0 Å². The maximum Gasteiger partial charge on any atom is 0.513 e. The highest BCUT2D eigenvalue weighted by molar-refractivity contribution is 7.98. The second kappa shape index (κ2) is 9.71. The van der Waals surface area contributed by atoms with Crippen LogP contribution >= 0.6 is 23.4 Å². The number of hydrogen-bond acceptors (Lipinski definition) is 7. The molecule has 0 amide bonds. The van der Waals surface area contributed by atoms with Gasteiger partial charge in [0, 0.05) is 22.1 Å². The summed E-state index contributed by atoms with van der Waals surface area (Å²) < 4.78 is 15.5. The smallest absolute Gasteiger partial charge is 0.508 e. The Kier molecular flexibility index (Phi) is 6.77. The number of hydrogen-bond donors (Lipinski definition) is 1. The summed E-state index contributed by atoms with van der Waals surface area (Å²) in [6.07, 6.45) is -0.844. The van der Waals surface area contributed by atoms with Gasteiger partial charge in [0.25, 0.3) is 0 Å². The lowest BCUT2D eigenvalue weighted by Crippen LogP contribution is -2.22. The molecule has 1 unspecified atom stereocenters. The number of esters is 1. The molecule has 0 saturated heterocycles. The Balaban J connectivity index is 1.72. The zero-order valence-corrected chi connectivity index (χ0v) is 18.9. The van der Waals surface area contributed by atoms with Gasteiger partial charge in [-0.15, -0.1) is 11.8 Å². The van der Waals surface area contributed by atoms with E-state index in [0.717, 1.165) is 16.0 Å².